The van der Waals surface area contributed by atoms with Gasteiger partial charge in [-0.2, -0.15) is 0 Å². The van der Waals surface area contributed by atoms with Gasteiger partial charge in [-0.05, 0) is 36.4 Å². The van der Waals surface area contributed by atoms with Crippen LogP contribution in [0.25, 0.3) is 0 Å². The molecule has 0 aliphatic carbocycles. The Morgan fingerprint density at radius 2 is 1.73 bits per heavy atom. The highest BCUT2D eigenvalue weighted by Crippen LogP contribution is 2.19. The lowest BCUT2D eigenvalue weighted by Gasteiger charge is -2.06. The van der Waals surface area contributed by atoms with E-state index in [0.717, 1.165) is 4.90 Å². The highest BCUT2D eigenvalue weighted by Gasteiger charge is 2.05. The number of hydrogen-bond acceptors (Lipinski definition) is 4. The van der Waals surface area contributed by atoms with Gasteiger partial charge < -0.3 is 10.1 Å². The van der Waals surface area contributed by atoms with Gasteiger partial charge in [-0.25, -0.2) is 0 Å². The van der Waals surface area contributed by atoms with Crippen LogP contribution in [-0.4, -0.2) is 17.6 Å². The molecular weight excluding hydrogens is 298 g/mol. The number of thioether (sulfide) groups is 1. The molecule has 0 aromatic heterocycles. The zero-order valence-electron chi connectivity index (χ0n) is 12.2. The van der Waals surface area contributed by atoms with Crippen molar-refractivity contribution in [3.05, 3.63) is 54.6 Å². The summed E-state index contributed by atoms with van der Waals surface area (Å²) >= 11 is 1.62. The summed E-state index contributed by atoms with van der Waals surface area (Å²) in [5.74, 6) is 0.745. The molecule has 4 nitrogen and oxygen atoms in total. The first-order valence-electron chi connectivity index (χ1n) is 6.89. The van der Waals surface area contributed by atoms with Gasteiger partial charge in [0, 0.05) is 23.3 Å². The van der Waals surface area contributed by atoms with Crippen LogP contribution in [0.15, 0.2) is 59.5 Å². The van der Waals surface area contributed by atoms with Crippen LogP contribution in [0.5, 0.6) is 5.75 Å². The number of esters is 1. The van der Waals surface area contributed by atoms with Gasteiger partial charge in [0.2, 0.25) is 5.91 Å². The van der Waals surface area contributed by atoms with Gasteiger partial charge in [0.1, 0.15) is 5.75 Å². The zero-order valence-corrected chi connectivity index (χ0v) is 13.1. The van der Waals surface area contributed by atoms with E-state index in [4.69, 9.17) is 4.74 Å². The third-order valence-electron chi connectivity index (χ3n) is 2.72. The van der Waals surface area contributed by atoms with E-state index in [1.54, 1.807) is 36.0 Å². The van der Waals surface area contributed by atoms with Crippen molar-refractivity contribution in [2.75, 3.05) is 11.1 Å². The number of carbonyl (C=O) groups is 2. The predicted octanol–water partition coefficient (Wildman–Crippen LogP) is 3.73. The second-order valence-electron chi connectivity index (χ2n) is 4.59. The molecule has 22 heavy (non-hydrogen) atoms. The van der Waals surface area contributed by atoms with Crippen molar-refractivity contribution in [3.63, 3.8) is 0 Å². The average Bonchev–Trinajstić information content (AvgIpc) is 2.50. The minimum Gasteiger partial charge on any atom is -0.427 e. The van der Waals surface area contributed by atoms with E-state index in [2.05, 4.69) is 5.32 Å². The van der Waals surface area contributed by atoms with Crippen molar-refractivity contribution in [3.8, 4) is 5.75 Å². The number of ether oxygens (including phenoxy) is 1. The Balaban J connectivity index is 1.75. The molecule has 0 bridgehead atoms. The molecule has 2 rings (SSSR count). The third kappa shape index (κ3) is 5.61. The molecule has 0 aliphatic heterocycles. The first-order valence-corrected chi connectivity index (χ1v) is 7.88. The zero-order chi connectivity index (χ0) is 15.8. The van der Waals surface area contributed by atoms with Gasteiger partial charge >= 0.3 is 5.97 Å². The van der Waals surface area contributed by atoms with Crippen LogP contribution in [-0.2, 0) is 9.59 Å². The maximum absolute atomic E-state index is 11.8. The Hall–Kier alpha value is -2.27. The molecule has 0 spiro atoms. The van der Waals surface area contributed by atoms with Gasteiger partial charge in [-0.3, -0.25) is 9.59 Å². The lowest BCUT2D eigenvalue weighted by Crippen LogP contribution is -2.09. The van der Waals surface area contributed by atoms with Crippen molar-refractivity contribution in [2.45, 2.75) is 18.2 Å². The maximum Gasteiger partial charge on any atom is 0.312 e. The molecule has 114 valence electrons. The highest BCUT2D eigenvalue weighted by atomic mass is 32.2. The van der Waals surface area contributed by atoms with E-state index in [0.29, 0.717) is 23.6 Å². The Morgan fingerprint density at radius 1 is 1.05 bits per heavy atom. The maximum atomic E-state index is 11.8. The molecule has 1 amide bonds. The molecule has 0 saturated heterocycles. The van der Waals surface area contributed by atoms with Crippen molar-refractivity contribution in [1.29, 1.82) is 0 Å². The SMILES string of the molecule is CC(=O)Nc1ccc(OC(=O)CCSc2ccccc2)cc1. The first kappa shape index (κ1) is 16.1. The quantitative estimate of drug-likeness (QED) is 0.501. The summed E-state index contributed by atoms with van der Waals surface area (Å²) in [4.78, 5) is 23.8. The molecule has 0 unspecified atom stereocenters. The van der Waals surface area contributed by atoms with Gasteiger partial charge in [-0.1, -0.05) is 18.2 Å². The van der Waals surface area contributed by atoms with Crippen LogP contribution < -0.4 is 10.1 Å². The topological polar surface area (TPSA) is 55.4 Å². The Kier molecular flexibility index (Phi) is 6.03. The Labute approximate surface area is 133 Å². The molecule has 5 heteroatoms. The second-order valence-corrected chi connectivity index (χ2v) is 5.76. The highest BCUT2D eigenvalue weighted by molar-refractivity contribution is 7.99. The summed E-state index contributed by atoms with van der Waals surface area (Å²) in [6.07, 6.45) is 0.340. The van der Waals surface area contributed by atoms with Crippen LogP contribution in [0.1, 0.15) is 13.3 Å². The van der Waals surface area contributed by atoms with Gasteiger partial charge in [0.05, 0.1) is 6.42 Å². The van der Waals surface area contributed by atoms with Gasteiger partial charge in [-0.15, -0.1) is 11.8 Å². The van der Waals surface area contributed by atoms with Gasteiger partial charge in [0.15, 0.2) is 0 Å². The summed E-state index contributed by atoms with van der Waals surface area (Å²) in [5, 5.41) is 2.66. The van der Waals surface area contributed by atoms with Crippen molar-refractivity contribution < 1.29 is 14.3 Å². The predicted molar refractivity (Wildman–Crippen MR) is 88.2 cm³/mol. The Morgan fingerprint density at radius 3 is 2.36 bits per heavy atom. The van der Waals surface area contributed by atoms with Crippen LogP contribution >= 0.6 is 11.8 Å². The minimum atomic E-state index is -0.268. The molecule has 0 fully saturated rings. The standard InChI is InChI=1S/C17H17NO3S/c1-13(19)18-14-7-9-15(10-8-14)21-17(20)11-12-22-16-5-3-2-4-6-16/h2-10H,11-12H2,1H3,(H,18,19). The van der Waals surface area contributed by atoms with Crippen LogP contribution in [0, 0.1) is 0 Å². The van der Waals surface area contributed by atoms with Crippen LogP contribution in [0.3, 0.4) is 0 Å². The fourth-order valence-corrected chi connectivity index (χ4v) is 2.62. The van der Waals surface area contributed by atoms with Crippen molar-refractivity contribution >= 4 is 29.3 Å². The number of benzene rings is 2. The molecule has 0 radical (unpaired) electrons. The van der Waals surface area contributed by atoms with Crippen LogP contribution in [0.4, 0.5) is 5.69 Å². The first-order chi connectivity index (χ1) is 10.6. The Bertz CT molecular complexity index is 626. The van der Waals surface area contributed by atoms with E-state index in [1.165, 1.54) is 6.92 Å². The number of carbonyl (C=O) groups excluding carboxylic acids is 2. The molecule has 2 aromatic carbocycles. The fraction of sp³-hybridized carbons (Fsp3) is 0.176. The van der Waals surface area contributed by atoms with E-state index in [1.807, 2.05) is 30.3 Å². The molecule has 0 saturated carbocycles. The fourth-order valence-electron chi connectivity index (χ4n) is 1.76. The molecule has 1 N–H and O–H groups in total. The summed E-state index contributed by atoms with van der Waals surface area (Å²) < 4.78 is 5.25. The van der Waals surface area contributed by atoms with Gasteiger partial charge in [0.25, 0.3) is 0 Å². The normalized spacial score (nSPS) is 10.0. The third-order valence-corrected chi connectivity index (χ3v) is 3.74. The molecule has 0 heterocycles. The summed E-state index contributed by atoms with van der Waals surface area (Å²) in [5.41, 5.74) is 0.673. The largest absolute Gasteiger partial charge is 0.427 e. The molecule has 0 atom stereocenters. The van der Waals surface area contributed by atoms with E-state index < -0.39 is 0 Å². The van der Waals surface area contributed by atoms with Crippen molar-refractivity contribution in [2.24, 2.45) is 0 Å². The number of amides is 1. The number of nitrogens with one attached hydrogen (secondary N) is 1. The monoisotopic (exact) mass is 315 g/mol. The van der Waals surface area contributed by atoms with Crippen LogP contribution in [0.2, 0.25) is 0 Å². The lowest BCUT2D eigenvalue weighted by molar-refractivity contribution is -0.133. The van der Waals surface area contributed by atoms with Crippen molar-refractivity contribution in [1.82, 2.24) is 0 Å². The number of anilines is 1. The molecular formula is C17H17NO3S. The lowest BCUT2D eigenvalue weighted by atomic mass is 10.3. The van der Waals surface area contributed by atoms with E-state index in [9.17, 15) is 9.59 Å². The van der Waals surface area contributed by atoms with E-state index in [-0.39, 0.29) is 11.9 Å². The summed E-state index contributed by atoms with van der Waals surface area (Å²) in [6.45, 7) is 1.44. The molecule has 2 aromatic rings. The summed E-state index contributed by atoms with van der Waals surface area (Å²) in [7, 11) is 0. The number of rotatable bonds is 6. The smallest absolute Gasteiger partial charge is 0.312 e. The van der Waals surface area contributed by atoms with E-state index >= 15 is 0 Å². The average molecular weight is 315 g/mol. The second kappa shape index (κ2) is 8.24. The molecule has 0 aliphatic rings. The number of hydrogen-bond donors (Lipinski definition) is 1. The minimum absolute atomic E-state index is 0.136. The summed E-state index contributed by atoms with van der Waals surface area (Å²) in [6, 6.07) is 16.6.